The molecule has 3 amide bonds. The first-order valence-corrected chi connectivity index (χ1v) is 6.15. The first-order valence-electron chi connectivity index (χ1n) is 6.15. The molecule has 8 nitrogen and oxygen atoms in total. The van der Waals surface area contributed by atoms with Gasteiger partial charge in [-0.25, -0.2) is 4.79 Å². The van der Waals surface area contributed by atoms with E-state index >= 15 is 0 Å². The molecule has 0 heterocycles. The second kappa shape index (κ2) is 8.13. The Labute approximate surface area is 116 Å². The zero-order valence-corrected chi connectivity index (χ0v) is 11.8. The molecule has 0 unspecified atom stereocenters. The van der Waals surface area contributed by atoms with Crippen LogP contribution in [0.1, 0.15) is 33.6 Å². The van der Waals surface area contributed by atoms with Crippen molar-refractivity contribution < 1.29 is 29.0 Å². The number of carboxylic acids is 1. The molecule has 8 heteroatoms. The van der Waals surface area contributed by atoms with Gasteiger partial charge in [-0.1, -0.05) is 0 Å². The molecule has 0 saturated carbocycles. The van der Waals surface area contributed by atoms with Crippen LogP contribution in [0.2, 0.25) is 0 Å². The Morgan fingerprint density at radius 3 is 2.30 bits per heavy atom. The highest BCUT2D eigenvalue weighted by Crippen LogP contribution is 2.19. The number of hydrogen-bond donors (Lipinski definition) is 3. The lowest BCUT2D eigenvalue weighted by atomic mass is 9.89. The van der Waals surface area contributed by atoms with Gasteiger partial charge in [0, 0.05) is 13.0 Å². The summed E-state index contributed by atoms with van der Waals surface area (Å²) in [4.78, 5) is 44.6. The van der Waals surface area contributed by atoms with Crippen LogP contribution in [0, 0.1) is 5.41 Å². The third kappa shape index (κ3) is 7.34. The van der Waals surface area contributed by atoms with Crippen LogP contribution in [0.4, 0.5) is 4.79 Å². The first-order chi connectivity index (χ1) is 9.19. The van der Waals surface area contributed by atoms with E-state index in [9.17, 15) is 19.2 Å². The lowest BCUT2D eigenvalue weighted by Crippen LogP contribution is -2.42. The normalized spacial score (nSPS) is 10.6. The SMILES string of the molecule is CCOC(=O)CCNC(=O)NC(=O)CC(C)(C)C(=O)O. The molecule has 0 saturated heterocycles. The Morgan fingerprint density at radius 1 is 1.20 bits per heavy atom. The minimum atomic E-state index is -1.25. The second-order valence-electron chi connectivity index (χ2n) is 4.72. The summed E-state index contributed by atoms with van der Waals surface area (Å²) in [6.07, 6.45) is -0.330. The summed E-state index contributed by atoms with van der Waals surface area (Å²) in [6.45, 7) is 4.72. The molecule has 0 aliphatic rings. The predicted octanol–water partition coefficient (Wildman–Crippen LogP) is 0.266. The zero-order chi connectivity index (χ0) is 15.8. The van der Waals surface area contributed by atoms with Crippen LogP contribution in [0.25, 0.3) is 0 Å². The second-order valence-corrected chi connectivity index (χ2v) is 4.72. The van der Waals surface area contributed by atoms with Crippen LogP contribution in [0.5, 0.6) is 0 Å². The smallest absolute Gasteiger partial charge is 0.321 e. The zero-order valence-electron chi connectivity index (χ0n) is 11.8. The summed E-state index contributed by atoms with van der Waals surface area (Å²) in [6, 6.07) is -0.777. The number of esters is 1. The summed E-state index contributed by atoms with van der Waals surface area (Å²) in [5, 5.41) is 13.1. The average molecular weight is 288 g/mol. The molecule has 114 valence electrons. The molecule has 0 aromatic carbocycles. The molecule has 0 rings (SSSR count). The lowest BCUT2D eigenvalue weighted by Gasteiger charge is -2.17. The summed E-state index contributed by atoms with van der Waals surface area (Å²) in [5.74, 6) is -2.28. The molecule has 0 aromatic heterocycles. The molecule has 0 fully saturated rings. The Morgan fingerprint density at radius 2 is 1.80 bits per heavy atom. The van der Waals surface area contributed by atoms with Crippen LogP contribution in [0.15, 0.2) is 0 Å². The number of rotatable bonds is 7. The van der Waals surface area contributed by atoms with Gasteiger partial charge in [0.2, 0.25) is 5.91 Å². The highest BCUT2D eigenvalue weighted by atomic mass is 16.5. The van der Waals surface area contributed by atoms with Gasteiger partial charge in [-0.3, -0.25) is 19.7 Å². The van der Waals surface area contributed by atoms with Crippen molar-refractivity contribution in [2.75, 3.05) is 13.2 Å². The standard InChI is InChI=1S/C12H20N2O6/c1-4-20-9(16)5-6-13-11(19)14-8(15)7-12(2,3)10(17)18/h4-7H2,1-3H3,(H,17,18)(H2,13,14,15,19). The van der Waals surface area contributed by atoms with E-state index in [2.05, 4.69) is 10.1 Å². The number of ether oxygens (including phenoxy) is 1. The molecular formula is C12H20N2O6. The molecule has 3 N–H and O–H groups in total. The maximum Gasteiger partial charge on any atom is 0.321 e. The summed E-state index contributed by atoms with van der Waals surface area (Å²) in [5.41, 5.74) is -1.25. The van der Waals surface area contributed by atoms with E-state index in [1.807, 2.05) is 5.32 Å². The van der Waals surface area contributed by atoms with Crippen LogP contribution >= 0.6 is 0 Å². The van der Waals surface area contributed by atoms with Gasteiger partial charge < -0.3 is 15.2 Å². The Kier molecular flexibility index (Phi) is 7.27. The number of carboxylic acid groups (broad SMARTS) is 1. The van der Waals surface area contributed by atoms with E-state index < -0.39 is 29.3 Å². The molecule has 0 aromatic rings. The van der Waals surface area contributed by atoms with Crippen molar-refractivity contribution in [3.8, 4) is 0 Å². The van der Waals surface area contributed by atoms with Crippen molar-refractivity contribution in [3.63, 3.8) is 0 Å². The van der Waals surface area contributed by atoms with E-state index in [0.717, 1.165) is 0 Å². The van der Waals surface area contributed by atoms with E-state index in [1.54, 1.807) is 6.92 Å². The van der Waals surface area contributed by atoms with E-state index in [0.29, 0.717) is 0 Å². The number of hydrogen-bond acceptors (Lipinski definition) is 5. The fourth-order valence-corrected chi connectivity index (χ4v) is 1.20. The highest BCUT2D eigenvalue weighted by molar-refractivity contribution is 5.96. The third-order valence-electron chi connectivity index (χ3n) is 2.35. The van der Waals surface area contributed by atoms with E-state index in [4.69, 9.17) is 5.11 Å². The number of carbonyl (C=O) groups is 4. The van der Waals surface area contributed by atoms with Crippen molar-refractivity contribution in [2.24, 2.45) is 5.41 Å². The Balaban J connectivity index is 4.01. The number of carbonyl (C=O) groups excluding carboxylic acids is 3. The van der Waals surface area contributed by atoms with Gasteiger partial charge in [0.1, 0.15) is 0 Å². The van der Waals surface area contributed by atoms with Crippen molar-refractivity contribution in [1.82, 2.24) is 10.6 Å². The van der Waals surface area contributed by atoms with Crippen molar-refractivity contribution >= 4 is 23.9 Å². The molecule has 0 bridgehead atoms. The van der Waals surface area contributed by atoms with Gasteiger partial charge >= 0.3 is 18.0 Å². The number of nitrogens with one attached hydrogen (secondary N) is 2. The van der Waals surface area contributed by atoms with Gasteiger partial charge in [0.05, 0.1) is 18.4 Å². The van der Waals surface area contributed by atoms with Gasteiger partial charge in [-0.2, -0.15) is 0 Å². The predicted molar refractivity (Wildman–Crippen MR) is 68.8 cm³/mol. The van der Waals surface area contributed by atoms with Crippen LogP contribution in [-0.4, -0.2) is 42.1 Å². The maximum absolute atomic E-state index is 11.4. The monoisotopic (exact) mass is 288 g/mol. The molecule has 0 radical (unpaired) electrons. The summed E-state index contributed by atoms with van der Waals surface area (Å²) < 4.78 is 4.65. The summed E-state index contributed by atoms with van der Waals surface area (Å²) in [7, 11) is 0. The van der Waals surface area contributed by atoms with Crippen molar-refractivity contribution in [2.45, 2.75) is 33.6 Å². The van der Waals surface area contributed by atoms with Crippen LogP contribution in [-0.2, 0) is 19.1 Å². The van der Waals surface area contributed by atoms with Gasteiger partial charge in [-0.05, 0) is 20.8 Å². The Bertz CT molecular complexity index is 391. The highest BCUT2D eigenvalue weighted by Gasteiger charge is 2.30. The number of urea groups is 1. The quantitative estimate of drug-likeness (QED) is 0.578. The fourth-order valence-electron chi connectivity index (χ4n) is 1.20. The van der Waals surface area contributed by atoms with Gasteiger partial charge in [0.15, 0.2) is 0 Å². The van der Waals surface area contributed by atoms with E-state index in [-0.39, 0.29) is 26.0 Å². The maximum atomic E-state index is 11.4. The minimum Gasteiger partial charge on any atom is -0.481 e. The largest absolute Gasteiger partial charge is 0.481 e. The fraction of sp³-hybridized carbons (Fsp3) is 0.667. The number of amides is 3. The average Bonchev–Trinajstić information content (AvgIpc) is 2.27. The molecule has 0 atom stereocenters. The van der Waals surface area contributed by atoms with E-state index in [1.165, 1.54) is 13.8 Å². The summed E-state index contributed by atoms with van der Waals surface area (Å²) >= 11 is 0. The lowest BCUT2D eigenvalue weighted by molar-refractivity contribution is -0.149. The molecular weight excluding hydrogens is 268 g/mol. The molecule has 20 heavy (non-hydrogen) atoms. The van der Waals surface area contributed by atoms with Crippen molar-refractivity contribution in [1.29, 1.82) is 0 Å². The number of imide groups is 1. The number of aliphatic carboxylic acids is 1. The molecule has 0 aliphatic carbocycles. The Hall–Kier alpha value is -2.12. The van der Waals surface area contributed by atoms with Crippen LogP contribution < -0.4 is 10.6 Å². The van der Waals surface area contributed by atoms with Gasteiger partial charge in [-0.15, -0.1) is 0 Å². The molecule has 0 spiro atoms. The topological polar surface area (TPSA) is 122 Å². The van der Waals surface area contributed by atoms with Crippen molar-refractivity contribution in [3.05, 3.63) is 0 Å². The van der Waals surface area contributed by atoms with Crippen LogP contribution in [0.3, 0.4) is 0 Å². The molecule has 0 aliphatic heterocycles. The van der Waals surface area contributed by atoms with Gasteiger partial charge in [0.25, 0.3) is 0 Å². The third-order valence-corrected chi connectivity index (χ3v) is 2.35. The first kappa shape index (κ1) is 17.9. The minimum absolute atomic E-state index is 0.00390.